The Labute approximate surface area is 226 Å². The summed E-state index contributed by atoms with van der Waals surface area (Å²) in [5, 5.41) is 22.8. The van der Waals surface area contributed by atoms with Gasteiger partial charge in [0.15, 0.2) is 6.61 Å². The number of hydrogen-bond donors (Lipinski definition) is 2. The Balaban J connectivity index is 1.64. The molecule has 1 aliphatic carbocycles. The minimum absolute atomic E-state index is 0.0312. The lowest BCUT2D eigenvalue weighted by atomic mass is 9.86. The predicted octanol–water partition coefficient (Wildman–Crippen LogP) is 4.53. The van der Waals surface area contributed by atoms with Crippen molar-refractivity contribution in [2.45, 2.75) is 57.9 Å². The second kappa shape index (κ2) is 14.7. The number of aryl methyl sites for hydroxylation is 1. The summed E-state index contributed by atoms with van der Waals surface area (Å²) in [6.07, 6.45) is 9.23. The second-order valence-corrected chi connectivity index (χ2v) is 9.60. The quantitative estimate of drug-likeness (QED) is 0.262. The van der Waals surface area contributed by atoms with E-state index < -0.39 is 17.8 Å². The highest BCUT2D eigenvalue weighted by molar-refractivity contribution is 5.71. The van der Waals surface area contributed by atoms with Gasteiger partial charge in [0.25, 0.3) is 0 Å². The summed E-state index contributed by atoms with van der Waals surface area (Å²) in [6.45, 7) is 6.51. The molecule has 0 radical (unpaired) electrons. The molecule has 0 heterocycles. The molecule has 0 saturated heterocycles. The van der Waals surface area contributed by atoms with Gasteiger partial charge in [0.1, 0.15) is 29.9 Å². The fourth-order valence-corrected chi connectivity index (χ4v) is 4.70. The van der Waals surface area contributed by atoms with E-state index in [-0.39, 0.29) is 31.7 Å². The van der Waals surface area contributed by atoms with Crippen molar-refractivity contribution in [1.82, 2.24) is 4.90 Å². The zero-order valence-corrected chi connectivity index (χ0v) is 22.7. The van der Waals surface area contributed by atoms with E-state index in [4.69, 9.17) is 14.2 Å². The Morgan fingerprint density at radius 1 is 1.03 bits per heavy atom. The van der Waals surface area contributed by atoms with Crippen LogP contribution in [-0.2, 0) is 16.0 Å². The maximum atomic E-state index is 11.9. The van der Waals surface area contributed by atoms with Crippen LogP contribution in [0.3, 0.4) is 0 Å². The molecule has 0 saturated carbocycles. The van der Waals surface area contributed by atoms with Crippen LogP contribution in [0, 0.1) is 5.92 Å². The number of allylic oxidation sites excluding steroid dienone is 2. The van der Waals surface area contributed by atoms with Crippen LogP contribution in [0.1, 0.15) is 39.2 Å². The summed E-state index contributed by atoms with van der Waals surface area (Å²) in [5.74, 6) is 0.827. The van der Waals surface area contributed by atoms with Gasteiger partial charge in [-0.25, -0.2) is 4.79 Å². The fourth-order valence-electron chi connectivity index (χ4n) is 4.70. The summed E-state index contributed by atoms with van der Waals surface area (Å²) in [5.41, 5.74) is -0.0899. The van der Waals surface area contributed by atoms with Crippen molar-refractivity contribution in [1.29, 1.82) is 0 Å². The van der Waals surface area contributed by atoms with E-state index in [9.17, 15) is 15.0 Å². The minimum atomic E-state index is -1.21. The Morgan fingerprint density at radius 2 is 1.74 bits per heavy atom. The molecule has 3 rings (SSSR count). The second-order valence-electron chi connectivity index (χ2n) is 9.60. The van der Waals surface area contributed by atoms with Crippen molar-refractivity contribution < 1.29 is 29.2 Å². The van der Waals surface area contributed by atoms with E-state index in [0.717, 1.165) is 24.8 Å². The number of para-hydroxylation sites is 1. The van der Waals surface area contributed by atoms with Crippen LogP contribution in [0.25, 0.3) is 0 Å². The average molecular weight is 524 g/mol. The highest BCUT2D eigenvalue weighted by Crippen LogP contribution is 2.33. The molecule has 0 spiro atoms. The third-order valence-electron chi connectivity index (χ3n) is 6.80. The lowest BCUT2D eigenvalue weighted by Crippen LogP contribution is -2.58. The molecule has 2 aromatic rings. The summed E-state index contributed by atoms with van der Waals surface area (Å²) in [4.78, 5) is 13.5. The lowest BCUT2D eigenvalue weighted by Gasteiger charge is -2.47. The number of hydrogen-bond acceptors (Lipinski definition) is 7. The van der Waals surface area contributed by atoms with Gasteiger partial charge >= 0.3 is 5.97 Å². The maximum absolute atomic E-state index is 11.9. The number of aliphatic hydroxyl groups is 2. The molecule has 206 valence electrons. The summed E-state index contributed by atoms with van der Waals surface area (Å²) in [6, 6.07) is 17.0. The monoisotopic (exact) mass is 523 g/mol. The predicted molar refractivity (Wildman–Crippen MR) is 148 cm³/mol. The Kier molecular flexibility index (Phi) is 11.4. The fraction of sp³-hybridized carbons (Fsp3) is 0.452. The molecule has 4 atom stereocenters. The van der Waals surface area contributed by atoms with Crippen LogP contribution in [0.15, 0.2) is 78.9 Å². The van der Waals surface area contributed by atoms with Crippen LogP contribution < -0.4 is 9.47 Å². The summed E-state index contributed by atoms with van der Waals surface area (Å²) < 4.78 is 16.2. The minimum Gasteiger partial charge on any atom is -0.491 e. The van der Waals surface area contributed by atoms with Crippen molar-refractivity contribution in [3.8, 4) is 11.5 Å². The van der Waals surface area contributed by atoms with Gasteiger partial charge in [0.05, 0.1) is 6.61 Å². The first-order valence-electron chi connectivity index (χ1n) is 13.4. The normalized spacial score (nSPS) is 20.2. The van der Waals surface area contributed by atoms with E-state index >= 15 is 0 Å². The molecule has 0 aromatic heterocycles. The average Bonchev–Trinajstić information content (AvgIpc) is 2.94. The molecule has 0 aliphatic heterocycles. The van der Waals surface area contributed by atoms with Gasteiger partial charge in [0, 0.05) is 18.5 Å². The van der Waals surface area contributed by atoms with Crippen LogP contribution >= 0.6 is 0 Å². The van der Waals surface area contributed by atoms with E-state index in [1.54, 1.807) is 6.92 Å². The van der Waals surface area contributed by atoms with Crippen LogP contribution in [-0.4, -0.2) is 65.3 Å². The third-order valence-corrected chi connectivity index (χ3v) is 6.80. The molecule has 0 bridgehead atoms. The standard InChI is InChI=1S/C31H41NO6/c1-4-26-11-9-10-20-31(26,35)32(21-27(33)22-37-28-12-7-6-8-13-28)24(3)14-15-25-16-18-29(19-17-25)38-23-30(34)36-5-2/h6-13,16-20,24,26-27,33,35H,4-5,14-15,21-23H2,1-3H3/t24-,26-,27+,31?/m1/s1. The van der Waals surface area contributed by atoms with Crippen molar-refractivity contribution in [2.24, 2.45) is 5.92 Å². The van der Waals surface area contributed by atoms with Gasteiger partial charge in [-0.1, -0.05) is 55.5 Å². The molecule has 7 nitrogen and oxygen atoms in total. The highest BCUT2D eigenvalue weighted by atomic mass is 16.6. The zero-order valence-electron chi connectivity index (χ0n) is 22.7. The van der Waals surface area contributed by atoms with Crippen molar-refractivity contribution >= 4 is 5.97 Å². The van der Waals surface area contributed by atoms with Gasteiger partial charge in [0.2, 0.25) is 0 Å². The third kappa shape index (κ3) is 8.45. The van der Waals surface area contributed by atoms with Gasteiger partial charge in [-0.05, 0) is 69.0 Å². The molecule has 38 heavy (non-hydrogen) atoms. The topological polar surface area (TPSA) is 88.5 Å². The molecule has 7 heteroatoms. The smallest absolute Gasteiger partial charge is 0.344 e. The van der Waals surface area contributed by atoms with Crippen molar-refractivity contribution in [2.75, 3.05) is 26.4 Å². The van der Waals surface area contributed by atoms with E-state index in [1.807, 2.05) is 83.8 Å². The van der Waals surface area contributed by atoms with E-state index in [1.165, 1.54) is 0 Å². The lowest BCUT2D eigenvalue weighted by molar-refractivity contribution is -0.145. The molecule has 2 aromatic carbocycles. The molecule has 1 unspecified atom stereocenters. The summed E-state index contributed by atoms with van der Waals surface area (Å²) >= 11 is 0. The number of aliphatic hydroxyl groups excluding tert-OH is 1. The van der Waals surface area contributed by atoms with Crippen molar-refractivity contribution in [3.63, 3.8) is 0 Å². The molecule has 1 aliphatic rings. The molecular weight excluding hydrogens is 482 g/mol. The Hall–Kier alpha value is -3.13. The SMILES string of the molecule is CCOC(=O)COc1ccc(CC[C@@H](C)N(C[C@H](O)COc2ccccc2)C2(O)C=CC=C[C@H]2CC)cc1. The first kappa shape index (κ1) is 29.4. The highest BCUT2D eigenvalue weighted by Gasteiger charge is 2.42. The number of nitrogens with zero attached hydrogens (tertiary/aromatic N) is 1. The van der Waals surface area contributed by atoms with Gasteiger partial charge < -0.3 is 24.4 Å². The zero-order chi connectivity index (χ0) is 27.4. The molecule has 2 N–H and O–H groups in total. The van der Waals surface area contributed by atoms with Crippen LogP contribution in [0.4, 0.5) is 0 Å². The van der Waals surface area contributed by atoms with Gasteiger partial charge in [-0.2, -0.15) is 0 Å². The molecular formula is C31H41NO6. The molecule has 0 amide bonds. The molecule has 0 fully saturated rings. The van der Waals surface area contributed by atoms with E-state index in [2.05, 4.69) is 13.8 Å². The number of carbonyl (C=O) groups excluding carboxylic acids is 1. The van der Waals surface area contributed by atoms with E-state index in [0.29, 0.717) is 18.1 Å². The number of benzene rings is 2. The Morgan fingerprint density at radius 3 is 2.42 bits per heavy atom. The largest absolute Gasteiger partial charge is 0.491 e. The maximum Gasteiger partial charge on any atom is 0.344 e. The van der Waals surface area contributed by atoms with Gasteiger partial charge in [-0.3, -0.25) is 4.90 Å². The number of esters is 1. The first-order chi connectivity index (χ1) is 18.4. The number of ether oxygens (including phenoxy) is 3. The number of rotatable bonds is 15. The first-order valence-corrected chi connectivity index (χ1v) is 13.4. The van der Waals surface area contributed by atoms with Crippen LogP contribution in [0.2, 0.25) is 0 Å². The van der Waals surface area contributed by atoms with Crippen molar-refractivity contribution in [3.05, 3.63) is 84.5 Å². The van der Waals surface area contributed by atoms with Crippen LogP contribution in [0.5, 0.6) is 11.5 Å². The van der Waals surface area contributed by atoms with Gasteiger partial charge in [-0.15, -0.1) is 0 Å². The number of carbonyl (C=O) groups is 1. The Bertz CT molecular complexity index is 1040. The summed E-state index contributed by atoms with van der Waals surface area (Å²) in [7, 11) is 0.